The van der Waals surface area contributed by atoms with Crippen molar-refractivity contribution in [2.75, 3.05) is 13.2 Å². The molecule has 1 unspecified atom stereocenters. The summed E-state index contributed by atoms with van der Waals surface area (Å²) < 4.78 is 16.8. The summed E-state index contributed by atoms with van der Waals surface area (Å²) in [6.07, 6.45) is 73.3. The molecule has 0 fully saturated rings. The molecule has 0 spiro atoms. The van der Waals surface area contributed by atoms with E-state index in [1.54, 1.807) is 0 Å². The molecule has 6 heteroatoms. The Labute approximate surface area is 442 Å². The molecule has 0 aliphatic rings. The molecule has 0 aliphatic heterocycles. The van der Waals surface area contributed by atoms with Gasteiger partial charge in [-0.2, -0.15) is 0 Å². The maximum Gasteiger partial charge on any atom is 0.306 e. The van der Waals surface area contributed by atoms with Gasteiger partial charge in [0.2, 0.25) is 0 Å². The highest BCUT2D eigenvalue weighted by Crippen LogP contribution is 2.17. The second-order valence-corrected chi connectivity index (χ2v) is 21.3. The molecule has 0 rings (SSSR count). The van der Waals surface area contributed by atoms with Crippen LogP contribution in [0.5, 0.6) is 0 Å². The van der Waals surface area contributed by atoms with Crippen molar-refractivity contribution < 1.29 is 28.6 Å². The Hall–Kier alpha value is -2.37. The first-order valence-corrected chi connectivity index (χ1v) is 31.5. The molecule has 6 nitrogen and oxygen atoms in total. The standard InChI is InChI=1S/C65H120O6/c1-4-7-10-13-16-19-21-22-23-24-25-26-27-28-29-30-31-32-33-34-35-36-37-38-39-40-41-42-44-46-49-52-55-58-64(67)70-61-62(60-69-63(66)57-54-51-48-45-18-15-12-9-6-3)71-65(68)59-56-53-50-47-43-20-17-14-11-8-5-2/h14,17,21-22,24-25,62H,4-13,15-16,18-20,23,26-61H2,1-3H3/b17-14-,22-21-,25-24-. The Bertz CT molecular complexity index is 1190. The van der Waals surface area contributed by atoms with Gasteiger partial charge in [-0.25, -0.2) is 0 Å². The third-order valence-corrected chi connectivity index (χ3v) is 14.1. The van der Waals surface area contributed by atoms with Crippen LogP contribution in [-0.4, -0.2) is 37.2 Å². The molecule has 0 amide bonds. The minimum Gasteiger partial charge on any atom is -0.462 e. The van der Waals surface area contributed by atoms with Crippen LogP contribution in [0, 0.1) is 0 Å². The highest BCUT2D eigenvalue weighted by molar-refractivity contribution is 5.71. The van der Waals surface area contributed by atoms with Crippen molar-refractivity contribution in [1.82, 2.24) is 0 Å². The Kier molecular flexibility index (Phi) is 58.2. The molecule has 0 aromatic carbocycles. The Morgan fingerprint density at radius 2 is 0.521 bits per heavy atom. The number of carbonyl (C=O) groups is 3. The smallest absolute Gasteiger partial charge is 0.306 e. The van der Waals surface area contributed by atoms with Crippen molar-refractivity contribution in [3.05, 3.63) is 36.5 Å². The molecule has 0 aromatic rings. The van der Waals surface area contributed by atoms with Crippen LogP contribution in [0.2, 0.25) is 0 Å². The van der Waals surface area contributed by atoms with E-state index in [4.69, 9.17) is 14.2 Å². The first kappa shape index (κ1) is 68.6. The Balaban J connectivity index is 3.94. The van der Waals surface area contributed by atoms with Gasteiger partial charge in [-0.15, -0.1) is 0 Å². The van der Waals surface area contributed by atoms with Crippen molar-refractivity contribution in [2.24, 2.45) is 0 Å². The lowest BCUT2D eigenvalue weighted by Gasteiger charge is -2.18. The van der Waals surface area contributed by atoms with Gasteiger partial charge in [-0.3, -0.25) is 14.4 Å². The summed E-state index contributed by atoms with van der Waals surface area (Å²) in [6, 6.07) is 0. The third-order valence-electron chi connectivity index (χ3n) is 14.1. The lowest BCUT2D eigenvalue weighted by atomic mass is 10.0. The van der Waals surface area contributed by atoms with E-state index in [2.05, 4.69) is 57.2 Å². The van der Waals surface area contributed by atoms with Crippen LogP contribution in [0.15, 0.2) is 36.5 Å². The van der Waals surface area contributed by atoms with E-state index in [1.165, 1.54) is 231 Å². The lowest BCUT2D eigenvalue weighted by Crippen LogP contribution is -2.30. The summed E-state index contributed by atoms with van der Waals surface area (Å²) in [6.45, 7) is 6.60. The monoisotopic (exact) mass is 997 g/mol. The van der Waals surface area contributed by atoms with Gasteiger partial charge in [0, 0.05) is 19.3 Å². The molecule has 0 saturated heterocycles. The van der Waals surface area contributed by atoms with Gasteiger partial charge in [0.1, 0.15) is 13.2 Å². The predicted molar refractivity (Wildman–Crippen MR) is 307 cm³/mol. The maximum absolute atomic E-state index is 12.8. The number of hydrogen-bond acceptors (Lipinski definition) is 6. The van der Waals surface area contributed by atoms with E-state index >= 15 is 0 Å². The maximum atomic E-state index is 12.8. The van der Waals surface area contributed by atoms with E-state index in [1.807, 2.05) is 0 Å². The van der Waals surface area contributed by atoms with Crippen molar-refractivity contribution in [3.8, 4) is 0 Å². The average molecular weight is 998 g/mol. The topological polar surface area (TPSA) is 78.9 Å². The zero-order valence-corrected chi connectivity index (χ0v) is 47.8. The van der Waals surface area contributed by atoms with Gasteiger partial charge in [0.05, 0.1) is 0 Å². The number of allylic oxidation sites excluding steroid dienone is 6. The summed E-state index contributed by atoms with van der Waals surface area (Å²) in [7, 11) is 0. The normalized spacial score (nSPS) is 12.2. The Morgan fingerprint density at radius 1 is 0.282 bits per heavy atom. The molecule has 0 heterocycles. The molecular formula is C65H120O6. The second-order valence-electron chi connectivity index (χ2n) is 21.3. The highest BCUT2D eigenvalue weighted by Gasteiger charge is 2.19. The van der Waals surface area contributed by atoms with Gasteiger partial charge < -0.3 is 14.2 Å². The predicted octanol–water partition coefficient (Wildman–Crippen LogP) is 21.2. The highest BCUT2D eigenvalue weighted by atomic mass is 16.6. The molecule has 0 bridgehead atoms. The minimum absolute atomic E-state index is 0.0705. The molecule has 0 aromatic heterocycles. The largest absolute Gasteiger partial charge is 0.462 e. The van der Waals surface area contributed by atoms with Crippen LogP contribution in [0.25, 0.3) is 0 Å². The zero-order chi connectivity index (χ0) is 51.4. The van der Waals surface area contributed by atoms with Gasteiger partial charge >= 0.3 is 17.9 Å². The fourth-order valence-electron chi connectivity index (χ4n) is 9.34. The number of hydrogen-bond donors (Lipinski definition) is 0. The van der Waals surface area contributed by atoms with E-state index in [9.17, 15) is 14.4 Å². The summed E-state index contributed by atoms with van der Waals surface area (Å²) in [5.74, 6) is -0.866. The van der Waals surface area contributed by atoms with Crippen LogP contribution in [-0.2, 0) is 28.6 Å². The molecule has 0 aliphatic carbocycles. The Morgan fingerprint density at radius 3 is 0.831 bits per heavy atom. The van der Waals surface area contributed by atoms with Gasteiger partial charge in [0.25, 0.3) is 0 Å². The van der Waals surface area contributed by atoms with Gasteiger partial charge in [-0.1, -0.05) is 288 Å². The number of rotatable bonds is 58. The number of ether oxygens (including phenoxy) is 3. The summed E-state index contributed by atoms with van der Waals surface area (Å²) in [4.78, 5) is 38.0. The SMILES string of the molecule is CCCC/C=C\CCCCCCCC(=O)OC(COC(=O)CCCCCCCCCCC)COC(=O)CCCCCCCCCCCCCCCCCCCCCCC/C=C\C/C=C\CCCCCCC. The first-order chi connectivity index (χ1) is 35.0. The number of unbranched alkanes of at least 4 members (excludes halogenated alkanes) is 41. The molecule has 1 atom stereocenters. The van der Waals surface area contributed by atoms with Crippen LogP contribution >= 0.6 is 0 Å². The fourth-order valence-corrected chi connectivity index (χ4v) is 9.34. The molecule has 71 heavy (non-hydrogen) atoms. The molecule has 0 saturated carbocycles. The van der Waals surface area contributed by atoms with Crippen molar-refractivity contribution in [2.45, 2.75) is 348 Å². The third kappa shape index (κ3) is 58.4. The molecule has 0 radical (unpaired) electrons. The van der Waals surface area contributed by atoms with Gasteiger partial charge in [-0.05, 0) is 70.6 Å². The van der Waals surface area contributed by atoms with Crippen molar-refractivity contribution in [1.29, 1.82) is 0 Å². The molecule has 0 N–H and O–H groups in total. The minimum atomic E-state index is -0.770. The quantitative estimate of drug-likeness (QED) is 0.0261. The van der Waals surface area contributed by atoms with E-state index < -0.39 is 6.10 Å². The second kappa shape index (κ2) is 60.2. The van der Waals surface area contributed by atoms with Crippen LogP contribution < -0.4 is 0 Å². The number of esters is 3. The zero-order valence-electron chi connectivity index (χ0n) is 47.8. The molecule has 416 valence electrons. The summed E-state index contributed by atoms with van der Waals surface area (Å²) in [5, 5.41) is 0. The van der Waals surface area contributed by atoms with Crippen LogP contribution in [0.1, 0.15) is 342 Å². The average Bonchev–Trinajstić information content (AvgIpc) is 3.37. The first-order valence-electron chi connectivity index (χ1n) is 31.5. The summed E-state index contributed by atoms with van der Waals surface area (Å²) >= 11 is 0. The van der Waals surface area contributed by atoms with Gasteiger partial charge in [0.15, 0.2) is 6.10 Å². The summed E-state index contributed by atoms with van der Waals surface area (Å²) in [5.41, 5.74) is 0. The number of carbonyl (C=O) groups excluding carboxylic acids is 3. The van der Waals surface area contributed by atoms with Crippen molar-refractivity contribution in [3.63, 3.8) is 0 Å². The van der Waals surface area contributed by atoms with E-state index in [0.29, 0.717) is 19.3 Å². The lowest BCUT2D eigenvalue weighted by molar-refractivity contribution is -0.167. The van der Waals surface area contributed by atoms with Crippen LogP contribution in [0.3, 0.4) is 0 Å². The van der Waals surface area contributed by atoms with Crippen LogP contribution in [0.4, 0.5) is 0 Å². The van der Waals surface area contributed by atoms with E-state index in [-0.39, 0.29) is 31.1 Å². The van der Waals surface area contributed by atoms with Crippen molar-refractivity contribution >= 4 is 17.9 Å². The van der Waals surface area contributed by atoms with E-state index in [0.717, 1.165) is 70.6 Å². The fraction of sp³-hybridized carbons (Fsp3) is 0.862. The molecular weight excluding hydrogens is 877 g/mol.